The molecule has 1 saturated heterocycles. The molecule has 8 heteroatoms. The van der Waals surface area contributed by atoms with Crippen molar-refractivity contribution in [3.05, 3.63) is 58.9 Å². The smallest absolute Gasteiger partial charge is 0.410 e. The zero-order valence-corrected chi connectivity index (χ0v) is 21.3. The number of carbonyl (C=O) groups is 2. The van der Waals surface area contributed by atoms with Crippen LogP contribution in [0.15, 0.2) is 36.4 Å². The zero-order chi connectivity index (χ0) is 25.6. The number of nitrogens with zero attached hydrogens (tertiary/aromatic N) is 2. The normalized spacial score (nSPS) is 18.8. The van der Waals surface area contributed by atoms with Gasteiger partial charge in [0.1, 0.15) is 11.4 Å². The molecule has 0 aliphatic carbocycles. The number of amides is 2. The topological polar surface area (TPSA) is 77.7 Å². The van der Waals surface area contributed by atoms with Crippen molar-refractivity contribution in [3.63, 3.8) is 0 Å². The summed E-state index contributed by atoms with van der Waals surface area (Å²) in [4.78, 5) is 32.5. The highest BCUT2D eigenvalue weighted by Crippen LogP contribution is 2.35. The molecule has 1 aromatic heterocycles. The van der Waals surface area contributed by atoms with Crippen molar-refractivity contribution in [3.8, 4) is 11.3 Å². The van der Waals surface area contributed by atoms with Crippen molar-refractivity contribution in [2.45, 2.75) is 52.3 Å². The lowest BCUT2D eigenvalue weighted by molar-refractivity contribution is 0.000552. The van der Waals surface area contributed by atoms with E-state index in [2.05, 4.69) is 46.4 Å². The van der Waals surface area contributed by atoms with Crippen molar-refractivity contribution in [2.24, 2.45) is 0 Å². The van der Waals surface area contributed by atoms with Gasteiger partial charge in [-0.3, -0.25) is 9.69 Å². The highest BCUT2D eigenvalue weighted by atomic mass is 19.1. The second-order valence-electron chi connectivity index (χ2n) is 10.8. The van der Waals surface area contributed by atoms with E-state index in [4.69, 9.17) is 4.74 Å². The minimum Gasteiger partial charge on any atom is -0.444 e. The molecular weight excluding hydrogens is 459 g/mol. The molecule has 0 radical (unpaired) electrons. The molecule has 2 amide bonds. The Bertz CT molecular complexity index is 1310. The van der Waals surface area contributed by atoms with Gasteiger partial charge < -0.3 is 19.9 Å². The average molecular weight is 493 g/mol. The fraction of sp³-hybridized carbons (Fsp3) is 0.429. The Morgan fingerprint density at radius 2 is 1.92 bits per heavy atom. The summed E-state index contributed by atoms with van der Waals surface area (Å²) in [5.41, 5.74) is 4.69. The predicted octanol–water partition coefficient (Wildman–Crippen LogP) is 4.70. The summed E-state index contributed by atoms with van der Waals surface area (Å²) in [6, 6.07) is 11.2. The van der Waals surface area contributed by atoms with Crippen LogP contribution in [-0.2, 0) is 17.7 Å². The molecule has 36 heavy (non-hydrogen) atoms. The molecule has 1 atom stereocenters. The monoisotopic (exact) mass is 492 g/mol. The molecule has 3 aromatic rings. The Kier molecular flexibility index (Phi) is 6.24. The van der Waals surface area contributed by atoms with Crippen LogP contribution in [0.25, 0.3) is 22.2 Å². The van der Waals surface area contributed by atoms with E-state index in [-0.39, 0.29) is 18.0 Å². The summed E-state index contributed by atoms with van der Waals surface area (Å²) < 4.78 is 19.7. The number of piperazine rings is 1. The van der Waals surface area contributed by atoms with E-state index in [1.165, 1.54) is 17.7 Å². The van der Waals surface area contributed by atoms with E-state index in [1.54, 1.807) is 0 Å². The first-order chi connectivity index (χ1) is 17.1. The number of rotatable bonds is 3. The molecule has 2 N–H and O–H groups in total. The molecule has 1 fully saturated rings. The fourth-order valence-corrected chi connectivity index (χ4v) is 5.24. The molecule has 190 valence electrons. The first kappa shape index (κ1) is 24.3. The summed E-state index contributed by atoms with van der Waals surface area (Å²) in [6.07, 6.45) is 0.429. The second kappa shape index (κ2) is 9.24. The average Bonchev–Trinajstić information content (AvgIpc) is 3.07. The van der Waals surface area contributed by atoms with Crippen molar-refractivity contribution in [2.75, 3.05) is 26.2 Å². The number of halogens is 1. The van der Waals surface area contributed by atoms with Crippen LogP contribution >= 0.6 is 0 Å². The van der Waals surface area contributed by atoms with E-state index in [9.17, 15) is 14.0 Å². The van der Waals surface area contributed by atoms with Gasteiger partial charge in [0.05, 0.1) is 5.56 Å². The van der Waals surface area contributed by atoms with Gasteiger partial charge in [-0.25, -0.2) is 9.18 Å². The third-order valence-corrected chi connectivity index (χ3v) is 6.86. The second-order valence-corrected chi connectivity index (χ2v) is 10.8. The Morgan fingerprint density at radius 1 is 1.17 bits per heavy atom. The van der Waals surface area contributed by atoms with Gasteiger partial charge in [-0.2, -0.15) is 0 Å². The minimum atomic E-state index is -0.500. The maximum absolute atomic E-state index is 14.2. The minimum absolute atomic E-state index is 0.0715. The van der Waals surface area contributed by atoms with E-state index in [0.717, 1.165) is 41.8 Å². The number of ether oxygens (including phenoxy) is 1. The molecule has 2 aliphatic heterocycles. The SMILES string of the molecule is C[C@@H]1CN(Cc2ccc(-c3[nH]c4cc(F)cc5c4c3CCNC5=O)cc2)CCN1C(=O)OC(C)(C)C. The summed E-state index contributed by atoms with van der Waals surface area (Å²) in [5, 5.41) is 3.67. The van der Waals surface area contributed by atoms with Crippen molar-refractivity contribution < 1.29 is 18.7 Å². The van der Waals surface area contributed by atoms with Gasteiger partial charge in [0, 0.05) is 55.4 Å². The van der Waals surface area contributed by atoms with Gasteiger partial charge in [-0.15, -0.1) is 0 Å². The van der Waals surface area contributed by atoms with E-state index >= 15 is 0 Å². The Balaban J connectivity index is 1.31. The summed E-state index contributed by atoms with van der Waals surface area (Å²) in [7, 11) is 0. The van der Waals surface area contributed by atoms with Crippen LogP contribution in [0.3, 0.4) is 0 Å². The van der Waals surface area contributed by atoms with Crippen LogP contribution < -0.4 is 5.32 Å². The zero-order valence-electron chi connectivity index (χ0n) is 21.3. The maximum atomic E-state index is 14.2. The van der Waals surface area contributed by atoms with Crippen LogP contribution in [0.4, 0.5) is 9.18 Å². The van der Waals surface area contributed by atoms with E-state index < -0.39 is 11.4 Å². The number of nitrogens with one attached hydrogen (secondary N) is 2. The van der Waals surface area contributed by atoms with Crippen LogP contribution in [0.2, 0.25) is 0 Å². The quantitative estimate of drug-likeness (QED) is 0.556. The highest BCUT2D eigenvalue weighted by molar-refractivity contribution is 6.10. The summed E-state index contributed by atoms with van der Waals surface area (Å²) >= 11 is 0. The number of aromatic nitrogens is 1. The molecule has 0 bridgehead atoms. The third kappa shape index (κ3) is 4.82. The predicted molar refractivity (Wildman–Crippen MR) is 137 cm³/mol. The first-order valence-electron chi connectivity index (χ1n) is 12.5. The molecule has 5 rings (SSSR count). The molecule has 0 spiro atoms. The van der Waals surface area contributed by atoms with Crippen LogP contribution in [0.1, 0.15) is 49.2 Å². The Labute approximate surface area is 210 Å². The van der Waals surface area contributed by atoms with Crippen LogP contribution in [-0.4, -0.2) is 64.6 Å². The lowest BCUT2D eigenvalue weighted by Crippen LogP contribution is -2.54. The molecule has 3 heterocycles. The lowest BCUT2D eigenvalue weighted by atomic mass is 9.99. The van der Waals surface area contributed by atoms with Gasteiger partial charge in [-0.1, -0.05) is 24.3 Å². The summed E-state index contributed by atoms with van der Waals surface area (Å²) in [5.74, 6) is -0.662. The Hall–Kier alpha value is -3.39. The lowest BCUT2D eigenvalue weighted by Gasteiger charge is -2.40. The Morgan fingerprint density at radius 3 is 2.61 bits per heavy atom. The number of aromatic amines is 1. The first-order valence-corrected chi connectivity index (χ1v) is 12.5. The molecule has 2 aromatic carbocycles. The van der Waals surface area contributed by atoms with Crippen molar-refractivity contribution >= 4 is 22.9 Å². The van der Waals surface area contributed by atoms with E-state index in [0.29, 0.717) is 30.6 Å². The molecular formula is C28H33FN4O3. The number of H-pyrrole nitrogens is 1. The third-order valence-electron chi connectivity index (χ3n) is 6.86. The molecule has 0 saturated carbocycles. The number of benzene rings is 2. The van der Waals surface area contributed by atoms with Gasteiger partial charge >= 0.3 is 6.09 Å². The van der Waals surface area contributed by atoms with Gasteiger partial charge in [-0.05, 0) is 62.9 Å². The maximum Gasteiger partial charge on any atom is 0.410 e. The van der Waals surface area contributed by atoms with Crippen molar-refractivity contribution in [1.29, 1.82) is 0 Å². The standard InChI is InChI=1S/C28H33FN4O3/c1-17-15-32(11-12-33(17)27(35)36-28(2,3)4)16-18-5-7-19(8-6-18)25-21-9-10-30-26(34)22-13-20(29)14-23(31-25)24(21)22/h5-8,13-14,17,31H,9-12,15-16H2,1-4H3,(H,30,34)/t17-/m1/s1. The molecule has 0 unspecified atom stereocenters. The highest BCUT2D eigenvalue weighted by Gasteiger charge is 2.31. The van der Waals surface area contributed by atoms with E-state index in [1.807, 2.05) is 25.7 Å². The number of hydrogen-bond donors (Lipinski definition) is 2. The number of carbonyl (C=O) groups excluding carboxylic acids is 2. The molecule has 2 aliphatic rings. The van der Waals surface area contributed by atoms with Gasteiger partial charge in [0.25, 0.3) is 5.91 Å². The largest absolute Gasteiger partial charge is 0.444 e. The summed E-state index contributed by atoms with van der Waals surface area (Å²) in [6.45, 7) is 11.2. The fourth-order valence-electron chi connectivity index (χ4n) is 5.24. The van der Waals surface area contributed by atoms with Crippen LogP contribution in [0, 0.1) is 5.82 Å². The number of hydrogen-bond acceptors (Lipinski definition) is 4. The van der Waals surface area contributed by atoms with Crippen LogP contribution in [0.5, 0.6) is 0 Å². The van der Waals surface area contributed by atoms with Gasteiger partial charge in [0.2, 0.25) is 0 Å². The van der Waals surface area contributed by atoms with Crippen molar-refractivity contribution in [1.82, 2.24) is 20.1 Å². The van der Waals surface area contributed by atoms with Gasteiger partial charge in [0.15, 0.2) is 0 Å². The molecule has 7 nitrogen and oxygen atoms in total.